The summed E-state index contributed by atoms with van der Waals surface area (Å²) in [6.07, 6.45) is 11.1. The first kappa shape index (κ1) is 19.0. The van der Waals surface area contributed by atoms with E-state index in [-0.39, 0.29) is 24.0 Å². The van der Waals surface area contributed by atoms with E-state index in [0.29, 0.717) is 6.10 Å². The highest BCUT2D eigenvalue weighted by atomic mass is 127. The topological polar surface area (TPSA) is 45.7 Å². The fraction of sp³-hybridized carbons (Fsp3) is 0.938. The first-order valence-electron chi connectivity index (χ1n) is 8.52. The van der Waals surface area contributed by atoms with Crippen molar-refractivity contribution in [3.05, 3.63) is 0 Å². The van der Waals surface area contributed by atoms with Gasteiger partial charge in [-0.1, -0.05) is 25.7 Å². The minimum atomic E-state index is 0. The molecule has 124 valence electrons. The van der Waals surface area contributed by atoms with E-state index < -0.39 is 0 Å². The lowest BCUT2D eigenvalue weighted by Gasteiger charge is -2.14. The number of nitrogens with zero attached hydrogens (tertiary/aromatic N) is 1. The van der Waals surface area contributed by atoms with Crippen molar-refractivity contribution < 1.29 is 4.74 Å². The van der Waals surface area contributed by atoms with Crippen molar-refractivity contribution in [2.45, 2.75) is 64.4 Å². The molecule has 2 N–H and O–H groups in total. The second kappa shape index (κ2) is 11.5. The van der Waals surface area contributed by atoms with E-state index in [1.807, 2.05) is 0 Å². The summed E-state index contributed by atoms with van der Waals surface area (Å²) in [7, 11) is 0. The third kappa shape index (κ3) is 7.68. The molecule has 4 nitrogen and oxygen atoms in total. The third-order valence-electron chi connectivity index (χ3n) is 4.38. The summed E-state index contributed by atoms with van der Waals surface area (Å²) < 4.78 is 5.61. The quantitative estimate of drug-likeness (QED) is 0.294. The maximum atomic E-state index is 5.61. The highest BCUT2D eigenvalue weighted by Crippen LogP contribution is 2.28. The van der Waals surface area contributed by atoms with Crippen molar-refractivity contribution in [3.63, 3.8) is 0 Å². The smallest absolute Gasteiger partial charge is 0.191 e. The zero-order valence-electron chi connectivity index (χ0n) is 13.4. The number of hydrogen-bond acceptors (Lipinski definition) is 2. The Balaban J connectivity index is 0.00000220. The minimum absolute atomic E-state index is 0. The molecule has 1 saturated heterocycles. The van der Waals surface area contributed by atoms with Crippen LogP contribution in [0.1, 0.15) is 58.3 Å². The van der Waals surface area contributed by atoms with Gasteiger partial charge in [0, 0.05) is 19.7 Å². The number of rotatable bonds is 7. The Morgan fingerprint density at radius 2 is 1.95 bits per heavy atom. The van der Waals surface area contributed by atoms with Gasteiger partial charge in [-0.2, -0.15) is 0 Å². The van der Waals surface area contributed by atoms with Crippen molar-refractivity contribution in [2.75, 3.05) is 26.2 Å². The average molecular weight is 409 g/mol. The van der Waals surface area contributed by atoms with Crippen LogP contribution in [0.3, 0.4) is 0 Å². The Morgan fingerprint density at radius 3 is 2.62 bits per heavy atom. The Hall–Kier alpha value is -0.0400. The highest BCUT2D eigenvalue weighted by Gasteiger charge is 2.15. The number of nitrogens with one attached hydrogen (secondary N) is 2. The lowest BCUT2D eigenvalue weighted by molar-refractivity contribution is 0.117. The van der Waals surface area contributed by atoms with E-state index in [1.165, 1.54) is 44.9 Å². The van der Waals surface area contributed by atoms with Gasteiger partial charge in [0.05, 0.1) is 12.6 Å². The van der Waals surface area contributed by atoms with Gasteiger partial charge in [0.2, 0.25) is 0 Å². The van der Waals surface area contributed by atoms with Gasteiger partial charge in [-0.3, -0.25) is 4.99 Å². The maximum Gasteiger partial charge on any atom is 0.191 e. The Bertz CT molecular complexity index is 287. The van der Waals surface area contributed by atoms with Crippen LogP contribution in [0.2, 0.25) is 0 Å². The highest BCUT2D eigenvalue weighted by molar-refractivity contribution is 14.0. The standard InChI is InChI=1S/C16H31N3O.HI/c1-2-17-16(19-13-15-10-6-12-20-15)18-11-5-9-14-7-3-4-8-14;/h14-15H,2-13H2,1H3,(H2,17,18,19);1H. The second-order valence-electron chi connectivity index (χ2n) is 6.07. The Morgan fingerprint density at radius 1 is 1.14 bits per heavy atom. The number of aliphatic imine (C=N–C) groups is 1. The summed E-state index contributed by atoms with van der Waals surface area (Å²) >= 11 is 0. The zero-order valence-corrected chi connectivity index (χ0v) is 15.7. The molecule has 2 fully saturated rings. The van der Waals surface area contributed by atoms with E-state index in [9.17, 15) is 0 Å². The van der Waals surface area contributed by atoms with Crippen LogP contribution in [0.4, 0.5) is 0 Å². The fourth-order valence-electron chi connectivity index (χ4n) is 3.22. The van der Waals surface area contributed by atoms with Crippen LogP contribution < -0.4 is 10.6 Å². The van der Waals surface area contributed by atoms with E-state index in [4.69, 9.17) is 4.74 Å². The predicted octanol–water partition coefficient (Wildman–Crippen LogP) is 3.31. The first-order chi connectivity index (χ1) is 9.88. The van der Waals surface area contributed by atoms with Crippen molar-refractivity contribution in [1.82, 2.24) is 10.6 Å². The molecule has 2 aliphatic rings. The molecule has 1 heterocycles. The van der Waals surface area contributed by atoms with E-state index in [1.54, 1.807) is 0 Å². The van der Waals surface area contributed by atoms with Crippen LogP contribution in [-0.4, -0.2) is 38.3 Å². The van der Waals surface area contributed by atoms with Gasteiger partial charge in [0.1, 0.15) is 0 Å². The largest absolute Gasteiger partial charge is 0.376 e. The SMILES string of the molecule is CCNC(=NCC1CCCO1)NCCCC1CCCC1.I. The van der Waals surface area contributed by atoms with Gasteiger partial charge in [0.15, 0.2) is 5.96 Å². The molecule has 1 aliphatic carbocycles. The van der Waals surface area contributed by atoms with Crippen molar-refractivity contribution in [3.8, 4) is 0 Å². The number of guanidine groups is 1. The van der Waals surface area contributed by atoms with Crippen molar-refractivity contribution >= 4 is 29.9 Å². The van der Waals surface area contributed by atoms with Crippen LogP contribution in [0.15, 0.2) is 4.99 Å². The molecular weight excluding hydrogens is 377 g/mol. The third-order valence-corrected chi connectivity index (χ3v) is 4.38. The van der Waals surface area contributed by atoms with Crippen LogP contribution in [-0.2, 0) is 4.74 Å². The fourth-order valence-corrected chi connectivity index (χ4v) is 3.22. The predicted molar refractivity (Wildman–Crippen MR) is 99.6 cm³/mol. The molecule has 21 heavy (non-hydrogen) atoms. The molecule has 5 heteroatoms. The lowest BCUT2D eigenvalue weighted by atomic mass is 10.0. The Labute approximate surface area is 146 Å². The first-order valence-corrected chi connectivity index (χ1v) is 8.52. The van der Waals surface area contributed by atoms with Gasteiger partial charge in [-0.05, 0) is 38.5 Å². The van der Waals surface area contributed by atoms with Gasteiger partial charge in [0.25, 0.3) is 0 Å². The normalized spacial score (nSPS) is 23.1. The molecular formula is C16H32IN3O. The molecule has 0 radical (unpaired) electrons. The van der Waals surface area contributed by atoms with Crippen LogP contribution in [0.25, 0.3) is 0 Å². The van der Waals surface area contributed by atoms with Gasteiger partial charge < -0.3 is 15.4 Å². The summed E-state index contributed by atoms with van der Waals surface area (Å²) in [5.74, 6) is 1.94. The molecule has 1 unspecified atom stereocenters. The van der Waals surface area contributed by atoms with E-state index >= 15 is 0 Å². The van der Waals surface area contributed by atoms with Crippen molar-refractivity contribution in [1.29, 1.82) is 0 Å². The van der Waals surface area contributed by atoms with Crippen LogP contribution >= 0.6 is 24.0 Å². The molecule has 0 spiro atoms. The van der Waals surface area contributed by atoms with Crippen LogP contribution in [0.5, 0.6) is 0 Å². The molecule has 1 aliphatic heterocycles. The molecule has 2 rings (SSSR count). The second-order valence-corrected chi connectivity index (χ2v) is 6.07. The lowest BCUT2D eigenvalue weighted by Crippen LogP contribution is -2.38. The summed E-state index contributed by atoms with van der Waals surface area (Å²) in [5, 5.41) is 6.77. The van der Waals surface area contributed by atoms with E-state index in [0.717, 1.165) is 44.5 Å². The summed E-state index contributed by atoms with van der Waals surface area (Å²) in [5.41, 5.74) is 0. The molecule has 1 atom stereocenters. The monoisotopic (exact) mass is 409 g/mol. The molecule has 1 saturated carbocycles. The number of halogens is 1. The minimum Gasteiger partial charge on any atom is -0.376 e. The number of ether oxygens (including phenoxy) is 1. The maximum absolute atomic E-state index is 5.61. The number of hydrogen-bond donors (Lipinski definition) is 2. The van der Waals surface area contributed by atoms with E-state index in [2.05, 4.69) is 22.5 Å². The molecule has 0 aromatic carbocycles. The van der Waals surface area contributed by atoms with Gasteiger partial charge in [-0.15, -0.1) is 24.0 Å². The molecule has 0 aromatic heterocycles. The summed E-state index contributed by atoms with van der Waals surface area (Å²) in [4.78, 5) is 4.63. The molecule has 0 aromatic rings. The zero-order chi connectivity index (χ0) is 14.0. The molecule has 0 bridgehead atoms. The van der Waals surface area contributed by atoms with Gasteiger partial charge >= 0.3 is 0 Å². The Kier molecular flexibility index (Phi) is 10.4. The summed E-state index contributed by atoms with van der Waals surface area (Å²) in [6, 6.07) is 0. The summed E-state index contributed by atoms with van der Waals surface area (Å²) in [6.45, 7) is 5.76. The van der Waals surface area contributed by atoms with Gasteiger partial charge in [-0.25, -0.2) is 0 Å². The van der Waals surface area contributed by atoms with Crippen LogP contribution in [0, 0.1) is 5.92 Å². The average Bonchev–Trinajstić information content (AvgIpc) is 3.13. The van der Waals surface area contributed by atoms with Crippen molar-refractivity contribution in [2.24, 2.45) is 10.9 Å². The molecule has 0 amide bonds.